The standard InChI is InChI=1S/C26H22O3/c1-19(27)22-12-13-23-24(16-22)26(29-18-21-10-6-3-7-11-21)15-14-25(23)28-17-20-8-4-2-5-9-20/h2-16H,17-18H2,1H3. The maximum absolute atomic E-state index is 11.9. The van der Waals surface area contributed by atoms with Crippen LogP contribution in [-0.2, 0) is 13.2 Å². The van der Waals surface area contributed by atoms with Crippen LogP contribution in [0.1, 0.15) is 28.4 Å². The minimum Gasteiger partial charge on any atom is -0.488 e. The molecule has 144 valence electrons. The molecule has 0 atom stereocenters. The molecule has 0 fully saturated rings. The van der Waals surface area contributed by atoms with Crippen molar-refractivity contribution in [3.63, 3.8) is 0 Å². The zero-order valence-electron chi connectivity index (χ0n) is 16.3. The molecule has 0 unspecified atom stereocenters. The topological polar surface area (TPSA) is 35.5 Å². The van der Waals surface area contributed by atoms with E-state index < -0.39 is 0 Å². The van der Waals surface area contributed by atoms with Crippen molar-refractivity contribution in [2.24, 2.45) is 0 Å². The van der Waals surface area contributed by atoms with Crippen LogP contribution in [0.2, 0.25) is 0 Å². The Morgan fingerprint density at radius 3 is 1.69 bits per heavy atom. The van der Waals surface area contributed by atoms with E-state index in [2.05, 4.69) is 0 Å². The van der Waals surface area contributed by atoms with E-state index in [1.54, 1.807) is 6.92 Å². The highest BCUT2D eigenvalue weighted by Gasteiger charge is 2.11. The highest BCUT2D eigenvalue weighted by atomic mass is 16.5. The van der Waals surface area contributed by atoms with Crippen LogP contribution < -0.4 is 9.47 Å². The van der Waals surface area contributed by atoms with Gasteiger partial charge < -0.3 is 9.47 Å². The molecule has 0 saturated carbocycles. The molecule has 0 aliphatic carbocycles. The van der Waals surface area contributed by atoms with Gasteiger partial charge in [0.2, 0.25) is 0 Å². The van der Waals surface area contributed by atoms with Gasteiger partial charge in [-0.1, -0.05) is 66.7 Å². The second-order valence-corrected chi connectivity index (χ2v) is 6.93. The quantitative estimate of drug-likeness (QED) is 0.357. The van der Waals surface area contributed by atoms with Gasteiger partial charge in [-0.3, -0.25) is 4.79 Å². The number of Topliss-reactive ketones (excluding diaryl/α,β-unsaturated/α-hetero) is 1. The van der Waals surface area contributed by atoms with Crippen LogP contribution in [0.5, 0.6) is 11.5 Å². The first kappa shape index (κ1) is 18.8. The summed E-state index contributed by atoms with van der Waals surface area (Å²) < 4.78 is 12.2. The first-order valence-corrected chi connectivity index (χ1v) is 9.62. The molecule has 3 heteroatoms. The van der Waals surface area contributed by atoms with Crippen molar-refractivity contribution in [3.8, 4) is 11.5 Å². The van der Waals surface area contributed by atoms with E-state index in [0.717, 1.165) is 33.4 Å². The van der Waals surface area contributed by atoms with Crippen molar-refractivity contribution >= 4 is 16.6 Å². The number of fused-ring (bicyclic) bond motifs is 1. The lowest BCUT2D eigenvalue weighted by molar-refractivity contribution is 0.101. The zero-order chi connectivity index (χ0) is 20.1. The lowest BCUT2D eigenvalue weighted by Crippen LogP contribution is -2.00. The Hall–Kier alpha value is -3.59. The summed E-state index contributed by atoms with van der Waals surface area (Å²) in [6.07, 6.45) is 0. The van der Waals surface area contributed by atoms with Crippen LogP contribution >= 0.6 is 0 Å². The third-order valence-electron chi connectivity index (χ3n) is 4.82. The van der Waals surface area contributed by atoms with Crippen LogP contribution in [0.4, 0.5) is 0 Å². The summed E-state index contributed by atoms with van der Waals surface area (Å²) in [4.78, 5) is 11.9. The average Bonchev–Trinajstić information content (AvgIpc) is 2.77. The molecule has 0 amide bonds. The lowest BCUT2D eigenvalue weighted by atomic mass is 10.0. The Labute approximate surface area is 170 Å². The van der Waals surface area contributed by atoms with Gasteiger partial charge in [-0.15, -0.1) is 0 Å². The summed E-state index contributed by atoms with van der Waals surface area (Å²) in [6, 6.07) is 29.6. The summed E-state index contributed by atoms with van der Waals surface area (Å²) >= 11 is 0. The fourth-order valence-electron chi connectivity index (χ4n) is 3.24. The number of carbonyl (C=O) groups excluding carboxylic acids is 1. The van der Waals surface area contributed by atoms with Crippen molar-refractivity contribution in [3.05, 3.63) is 108 Å². The van der Waals surface area contributed by atoms with E-state index in [4.69, 9.17) is 9.47 Å². The third kappa shape index (κ3) is 4.46. The van der Waals surface area contributed by atoms with Crippen LogP contribution in [0.15, 0.2) is 91.0 Å². The van der Waals surface area contributed by atoms with Crippen LogP contribution in [-0.4, -0.2) is 5.78 Å². The molecular weight excluding hydrogens is 360 g/mol. The first-order chi connectivity index (χ1) is 14.2. The van der Waals surface area contributed by atoms with E-state index >= 15 is 0 Å². The molecule has 0 bridgehead atoms. The van der Waals surface area contributed by atoms with Crippen molar-refractivity contribution in [2.45, 2.75) is 20.1 Å². The largest absolute Gasteiger partial charge is 0.488 e. The van der Waals surface area contributed by atoms with Gasteiger partial charge in [0.15, 0.2) is 5.78 Å². The van der Waals surface area contributed by atoms with Crippen molar-refractivity contribution in [1.29, 1.82) is 0 Å². The molecule has 0 aliphatic rings. The monoisotopic (exact) mass is 382 g/mol. The molecule has 3 nitrogen and oxygen atoms in total. The summed E-state index contributed by atoms with van der Waals surface area (Å²) in [5.41, 5.74) is 2.85. The minimum absolute atomic E-state index is 0.0246. The van der Waals surface area contributed by atoms with E-state index in [1.165, 1.54) is 0 Å². The van der Waals surface area contributed by atoms with Gasteiger partial charge in [0.05, 0.1) is 0 Å². The molecule has 0 radical (unpaired) electrons. The Balaban J connectivity index is 1.66. The molecule has 0 aromatic heterocycles. The molecular formula is C26H22O3. The number of benzene rings is 4. The van der Waals surface area contributed by atoms with Gasteiger partial charge in [0, 0.05) is 16.3 Å². The third-order valence-corrected chi connectivity index (χ3v) is 4.82. The zero-order valence-corrected chi connectivity index (χ0v) is 16.3. The average molecular weight is 382 g/mol. The van der Waals surface area contributed by atoms with Crippen molar-refractivity contribution in [1.82, 2.24) is 0 Å². The maximum atomic E-state index is 11.9. The normalized spacial score (nSPS) is 10.7. The van der Waals surface area contributed by atoms with Crippen LogP contribution in [0.25, 0.3) is 10.8 Å². The van der Waals surface area contributed by atoms with Gasteiger partial charge in [0.1, 0.15) is 24.7 Å². The molecule has 4 aromatic carbocycles. The Bertz CT molecular complexity index is 1120. The highest BCUT2D eigenvalue weighted by molar-refractivity contribution is 6.01. The Morgan fingerprint density at radius 2 is 1.17 bits per heavy atom. The predicted octanol–water partition coefficient (Wildman–Crippen LogP) is 6.20. The number of ether oxygens (including phenoxy) is 2. The van der Waals surface area contributed by atoms with Gasteiger partial charge in [-0.05, 0) is 42.3 Å². The van der Waals surface area contributed by atoms with E-state index in [9.17, 15) is 4.79 Å². The fourth-order valence-corrected chi connectivity index (χ4v) is 3.24. The molecule has 0 heterocycles. The molecule has 4 rings (SSSR count). The van der Waals surface area contributed by atoms with E-state index in [0.29, 0.717) is 18.8 Å². The summed E-state index contributed by atoms with van der Waals surface area (Å²) in [7, 11) is 0. The van der Waals surface area contributed by atoms with E-state index in [-0.39, 0.29) is 5.78 Å². The Morgan fingerprint density at radius 1 is 0.655 bits per heavy atom. The fraction of sp³-hybridized carbons (Fsp3) is 0.115. The molecule has 29 heavy (non-hydrogen) atoms. The number of hydrogen-bond acceptors (Lipinski definition) is 3. The summed E-state index contributed by atoms with van der Waals surface area (Å²) in [5, 5.41) is 1.80. The first-order valence-electron chi connectivity index (χ1n) is 9.62. The van der Waals surface area contributed by atoms with Gasteiger partial charge in [-0.25, -0.2) is 0 Å². The number of hydrogen-bond donors (Lipinski definition) is 0. The van der Waals surface area contributed by atoms with Crippen molar-refractivity contribution in [2.75, 3.05) is 0 Å². The summed E-state index contributed by atoms with van der Waals surface area (Å²) in [6.45, 7) is 2.51. The number of carbonyl (C=O) groups is 1. The molecule has 0 aliphatic heterocycles. The van der Waals surface area contributed by atoms with Crippen LogP contribution in [0.3, 0.4) is 0 Å². The molecule has 0 N–H and O–H groups in total. The number of ketones is 1. The molecule has 0 saturated heterocycles. The lowest BCUT2D eigenvalue weighted by Gasteiger charge is -2.14. The maximum Gasteiger partial charge on any atom is 0.159 e. The van der Waals surface area contributed by atoms with Gasteiger partial charge >= 0.3 is 0 Å². The Kier molecular flexibility index (Phi) is 5.57. The smallest absolute Gasteiger partial charge is 0.159 e. The highest BCUT2D eigenvalue weighted by Crippen LogP contribution is 2.35. The van der Waals surface area contributed by atoms with E-state index in [1.807, 2.05) is 91.0 Å². The summed E-state index contributed by atoms with van der Waals surface area (Å²) in [5.74, 6) is 1.53. The minimum atomic E-state index is 0.0246. The molecule has 4 aromatic rings. The van der Waals surface area contributed by atoms with Crippen LogP contribution in [0, 0.1) is 0 Å². The van der Waals surface area contributed by atoms with Gasteiger partial charge in [-0.2, -0.15) is 0 Å². The predicted molar refractivity (Wildman–Crippen MR) is 116 cm³/mol. The van der Waals surface area contributed by atoms with Gasteiger partial charge in [0.25, 0.3) is 0 Å². The second kappa shape index (κ2) is 8.61. The van der Waals surface area contributed by atoms with Crippen molar-refractivity contribution < 1.29 is 14.3 Å². The second-order valence-electron chi connectivity index (χ2n) is 6.93. The molecule has 0 spiro atoms. The number of rotatable bonds is 7. The SMILES string of the molecule is CC(=O)c1ccc2c(OCc3ccccc3)ccc(OCc3ccccc3)c2c1.